The molecule has 0 saturated heterocycles. The van der Waals surface area contributed by atoms with E-state index in [9.17, 15) is 4.79 Å². The summed E-state index contributed by atoms with van der Waals surface area (Å²) in [5.74, 6) is -0.0890. The molecule has 0 aliphatic carbocycles. The number of para-hydroxylation sites is 2. The second-order valence-corrected chi connectivity index (χ2v) is 4.80. The van der Waals surface area contributed by atoms with Gasteiger partial charge in [0, 0.05) is 12.1 Å². The number of carbonyl (C=O) groups is 1. The smallest absolute Gasteiger partial charge is 0.241 e. The minimum atomic E-state index is -0.274. The molecule has 0 aliphatic heterocycles. The summed E-state index contributed by atoms with van der Waals surface area (Å²) in [4.78, 5) is 14.1. The van der Waals surface area contributed by atoms with Crippen molar-refractivity contribution in [2.75, 3.05) is 18.1 Å². The number of hydrogen-bond acceptors (Lipinski definition) is 4. The van der Waals surface area contributed by atoms with Gasteiger partial charge in [0.05, 0.1) is 29.9 Å². The molecular weight excluding hydrogens is 254 g/mol. The lowest BCUT2D eigenvalue weighted by atomic mass is 10.2. The van der Waals surface area contributed by atoms with Crippen LogP contribution in [-0.4, -0.2) is 23.9 Å². The van der Waals surface area contributed by atoms with Crippen LogP contribution in [0.3, 0.4) is 0 Å². The van der Waals surface area contributed by atoms with Crippen LogP contribution in [0.15, 0.2) is 47.3 Å². The minimum Gasteiger partial charge on any atom is -0.472 e. The summed E-state index contributed by atoms with van der Waals surface area (Å²) < 4.78 is 5.02. The van der Waals surface area contributed by atoms with E-state index in [-0.39, 0.29) is 11.9 Å². The monoisotopic (exact) mass is 273 g/mol. The summed E-state index contributed by atoms with van der Waals surface area (Å²) in [7, 11) is 1.89. The van der Waals surface area contributed by atoms with Gasteiger partial charge >= 0.3 is 0 Å². The summed E-state index contributed by atoms with van der Waals surface area (Å²) >= 11 is 0. The standard InChI is InChI=1S/C15H19N3O2/c1-11(18(2)9-12-7-8-20-10-12)15(19)17-14-6-4-3-5-13(14)16/h3-8,10-11H,9,16H2,1-2H3,(H,17,19). The van der Waals surface area contributed by atoms with Gasteiger partial charge in [-0.25, -0.2) is 0 Å². The van der Waals surface area contributed by atoms with Crippen LogP contribution < -0.4 is 11.1 Å². The van der Waals surface area contributed by atoms with Crippen molar-refractivity contribution in [1.29, 1.82) is 0 Å². The topological polar surface area (TPSA) is 71.5 Å². The molecule has 1 amide bonds. The fraction of sp³-hybridized carbons (Fsp3) is 0.267. The number of amides is 1. The normalized spacial score (nSPS) is 12.3. The highest BCUT2D eigenvalue weighted by atomic mass is 16.3. The zero-order chi connectivity index (χ0) is 14.5. The quantitative estimate of drug-likeness (QED) is 0.820. The molecule has 5 nitrogen and oxygen atoms in total. The largest absolute Gasteiger partial charge is 0.472 e. The van der Waals surface area contributed by atoms with E-state index in [1.54, 1.807) is 24.7 Å². The lowest BCUT2D eigenvalue weighted by Crippen LogP contribution is -2.39. The van der Waals surface area contributed by atoms with E-state index >= 15 is 0 Å². The fourth-order valence-electron chi connectivity index (χ4n) is 1.86. The van der Waals surface area contributed by atoms with Gasteiger partial charge in [-0.15, -0.1) is 0 Å². The van der Waals surface area contributed by atoms with Crippen LogP contribution in [0.5, 0.6) is 0 Å². The van der Waals surface area contributed by atoms with Crippen molar-refractivity contribution in [1.82, 2.24) is 4.90 Å². The van der Waals surface area contributed by atoms with Gasteiger partial charge in [-0.3, -0.25) is 9.69 Å². The van der Waals surface area contributed by atoms with Gasteiger partial charge in [0.1, 0.15) is 0 Å². The van der Waals surface area contributed by atoms with E-state index in [1.165, 1.54) is 0 Å². The van der Waals surface area contributed by atoms with E-state index in [1.807, 2.05) is 37.1 Å². The number of nitrogens with two attached hydrogens (primary N) is 1. The summed E-state index contributed by atoms with van der Waals surface area (Å²) in [5, 5.41) is 2.84. The van der Waals surface area contributed by atoms with Crippen LogP contribution in [-0.2, 0) is 11.3 Å². The molecule has 1 heterocycles. The molecular formula is C15H19N3O2. The third-order valence-electron chi connectivity index (χ3n) is 3.27. The number of hydrogen-bond donors (Lipinski definition) is 2. The van der Waals surface area contributed by atoms with Crippen molar-refractivity contribution >= 4 is 17.3 Å². The van der Waals surface area contributed by atoms with Gasteiger partial charge in [-0.1, -0.05) is 12.1 Å². The van der Waals surface area contributed by atoms with Crippen molar-refractivity contribution in [2.24, 2.45) is 0 Å². The summed E-state index contributed by atoms with van der Waals surface area (Å²) in [6.45, 7) is 2.50. The highest BCUT2D eigenvalue weighted by molar-refractivity contribution is 5.96. The Morgan fingerprint density at radius 2 is 2.15 bits per heavy atom. The highest BCUT2D eigenvalue weighted by Gasteiger charge is 2.19. The third-order valence-corrected chi connectivity index (χ3v) is 3.27. The van der Waals surface area contributed by atoms with Crippen LogP contribution in [0.1, 0.15) is 12.5 Å². The molecule has 0 spiro atoms. The van der Waals surface area contributed by atoms with Gasteiger partial charge < -0.3 is 15.5 Å². The minimum absolute atomic E-state index is 0.0890. The Bertz CT molecular complexity index is 566. The number of nitrogen functional groups attached to an aromatic ring is 1. The molecule has 0 bridgehead atoms. The first-order valence-electron chi connectivity index (χ1n) is 6.44. The Hall–Kier alpha value is -2.27. The number of nitrogens with zero attached hydrogens (tertiary/aromatic N) is 1. The van der Waals surface area contributed by atoms with Gasteiger partial charge in [0.15, 0.2) is 0 Å². The maximum Gasteiger partial charge on any atom is 0.241 e. The molecule has 106 valence electrons. The second kappa shape index (κ2) is 6.25. The Morgan fingerprint density at radius 3 is 2.80 bits per heavy atom. The first-order valence-corrected chi connectivity index (χ1v) is 6.44. The third kappa shape index (κ3) is 3.39. The maximum absolute atomic E-state index is 12.2. The second-order valence-electron chi connectivity index (χ2n) is 4.80. The molecule has 1 aromatic heterocycles. The van der Waals surface area contributed by atoms with Crippen LogP contribution in [0.4, 0.5) is 11.4 Å². The van der Waals surface area contributed by atoms with Crippen LogP contribution in [0.25, 0.3) is 0 Å². The summed E-state index contributed by atoms with van der Waals surface area (Å²) in [6.07, 6.45) is 3.30. The van der Waals surface area contributed by atoms with Crippen molar-refractivity contribution in [3.8, 4) is 0 Å². The van der Waals surface area contributed by atoms with Crippen molar-refractivity contribution < 1.29 is 9.21 Å². The summed E-state index contributed by atoms with van der Waals surface area (Å²) in [5.41, 5.74) is 8.05. The Labute approximate surface area is 118 Å². The molecule has 0 aliphatic rings. The molecule has 0 fully saturated rings. The first-order chi connectivity index (χ1) is 9.58. The van der Waals surface area contributed by atoms with Gasteiger partial charge in [-0.05, 0) is 32.2 Å². The summed E-state index contributed by atoms with van der Waals surface area (Å²) in [6, 6.07) is 8.83. The predicted octanol–water partition coefficient (Wildman–Crippen LogP) is 2.32. The molecule has 0 radical (unpaired) electrons. The molecule has 1 aromatic carbocycles. The maximum atomic E-state index is 12.2. The van der Waals surface area contributed by atoms with E-state index in [0.29, 0.717) is 17.9 Å². The van der Waals surface area contributed by atoms with Crippen LogP contribution >= 0.6 is 0 Å². The molecule has 20 heavy (non-hydrogen) atoms. The lowest BCUT2D eigenvalue weighted by molar-refractivity contribution is -0.120. The number of anilines is 2. The molecule has 1 atom stereocenters. The van der Waals surface area contributed by atoms with Crippen LogP contribution in [0, 0.1) is 0 Å². The number of benzene rings is 1. The Morgan fingerprint density at radius 1 is 1.40 bits per heavy atom. The number of furan rings is 1. The van der Waals surface area contributed by atoms with E-state index < -0.39 is 0 Å². The van der Waals surface area contributed by atoms with Crippen molar-refractivity contribution in [3.05, 3.63) is 48.4 Å². The molecule has 2 rings (SSSR count). The van der Waals surface area contributed by atoms with E-state index in [2.05, 4.69) is 5.32 Å². The number of carbonyl (C=O) groups excluding carboxylic acids is 1. The zero-order valence-corrected chi connectivity index (χ0v) is 11.7. The first kappa shape index (κ1) is 14.1. The Balaban J connectivity index is 1.96. The molecule has 3 N–H and O–H groups in total. The molecule has 5 heteroatoms. The predicted molar refractivity (Wildman–Crippen MR) is 79.1 cm³/mol. The average molecular weight is 273 g/mol. The van der Waals surface area contributed by atoms with E-state index in [0.717, 1.165) is 5.56 Å². The van der Waals surface area contributed by atoms with Crippen LogP contribution in [0.2, 0.25) is 0 Å². The van der Waals surface area contributed by atoms with E-state index in [4.69, 9.17) is 10.2 Å². The number of rotatable bonds is 5. The highest BCUT2D eigenvalue weighted by Crippen LogP contribution is 2.17. The van der Waals surface area contributed by atoms with Gasteiger partial charge in [-0.2, -0.15) is 0 Å². The van der Waals surface area contributed by atoms with Gasteiger partial charge in [0.2, 0.25) is 5.91 Å². The average Bonchev–Trinajstić information content (AvgIpc) is 2.93. The number of nitrogens with one attached hydrogen (secondary N) is 1. The Kier molecular flexibility index (Phi) is 4.42. The van der Waals surface area contributed by atoms with Crippen molar-refractivity contribution in [3.63, 3.8) is 0 Å². The van der Waals surface area contributed by atoms with Gasteiger partial charge in [0.25, 0.3) is 0 Å². The lowest BCUT2D eigenvalue weighted by Gasteiger charge is -2.23. The molecule has 2 aromatic rings. The molecule has 0 saturated carbocycles. The fourth-order valence-corrected chi connectivity index (χ4v) is 1.86. The molecule has 1 unspecified atom stereocenters. The SMILES string of the molecule is CC(C(=O)Nc1ccccc1N)N(C)Cc1ccoc1. The van der Waals surface area contributed by atoms with Crippen molar-refractivity contribution in [2.45, 2.75) is 19.5 Å². The number of likely N-dealkylation sites (N-methyl/N-ethyl adjacent to an activating group) is 1. The zero-order valence-electron chi connectivity index (χ0n) is 11.7.